The average Bonchev–Trinajstić information content (AvgIpc) is 2.78. The highest BCUT2D eigenvalue weighted by Crippen LogP contribution is 2.28. The predicted octanol–water partition coefficient (Wildman–Crippen LogP) is 2.97. The number of hydrazone groups is 1. The number of carbonyl (C=O) groups excluding carboxylic acids is 1. The van der Waals surface area contributed by atoms with Crippen LogP contribution in [0.1, 0.15) is 12.5 Å². The highest BCUT2D eigenvalue weighted by Gasteiger charge is 2.34. The van der Waals surface area contributed by atoms with E-state index >= 15 is 0 Å². The predicted molar refractivity (Wildman–Crippen MR) is 82.3 cm³/mol. The van der Waals surface area contributed by atoms with Gasteiger partial charge in [-0.15, -0.1) is 0 Å². The zero-order chi connectivity index (χ0) is 14.8. The van der Waals surface area contributed by atoms with Crippen LogP contribution in [-0.2, 0) is 11.2 Å². The molecule has 0 saturated carbocycles. The van der Waals surface area contributed by atoms with Crippen molar-refractivity contribution >= 4 is 17.3 Å². The minimum Gasteiger partial charge on any atom is -0.508 e. The molecule has 1 amide bonds. The third kappa shape index (κ3) is 2.52. The van der Waals surface area contributed by atoms with Crippen LogP contribution in [0.5, 0.6) is 5.75 Å². The molecule has 1 aliphatic heterocycles. The highest BCUT2D eigenvalue weighted by molar-refractivity contribution is 6.14. The van der Waals surface area contributed by atoms with E-state index in [9.17, 15) is 9.90 Å². The number of phenols is 1. The lowest BCUT2D eigenvalue weighted by atomic mass is 9.95. The molecule has 0 aliphatic carbocycles. The molecular weight excluding hydrogens is 264 g/mol. The highest BCUT2D eigenvalue weighted by atomic mass is 16.3. The molecule has 2 aromatic rings. The van der Waals surface area contributed by atoms with Crippen LogP contribution in [0.2, 0.25) is 0 Å². The van der Waals surface area contributed by atoms with Gasteiger partial charge in [0, 0.05) is 5.71 Å². The van der Waals surface area contributed by atoms with Gasteiger partial charge in [-0.25, -0.2) is 5.01 Å². The molecule has 4 heteroatoms. The average molecular weight is 280 g/mol. The van der Waals surface area contributed by atoms with Crippen LogP contribution in [-0.4, -0.2) is 16.7 Å². The summed E-state index contributed by atoms with van der Waals surface area (Å²) in [6.07, 6.45) is 0.462. The monoisotopic (exact) mass is 280 g/mol. The summed E-state index contributed by atoms with van der Waals surface area (Å²) < 4.78 is 0. The van der Waals surface area contributed by atoms with Gasteiger partial charge in [-0.2, -0.15) is 5.10 Å². The van der Waals surface area contributed by atoms with Gasteiger partial charge in [-0.1, -0.05) is 36.4 Å². The Labute approximate surface area is 123 Å². The van der Waals surface area contributed by atoms with E-state index in [2.05, 4.69) is 5.10 Å². The molecule has 0 saturated heterocycles. The summed E-state index contributed by atoms with van der Waals surface area (Å²) in [5.74, 6) is -0.156. The molecule has 0 spiro atoms. The molecule has 0 unspecified atom stereocenters. The standard InChI is InChI=1S/C17H16N2O2/c1-12-15(11-13-7-5-6-10-16(13)20)17(21)19(18-12)14-8-3-2-4-9-14/h2-10,15,20H,11H2,1H3/t15-/m0/s1. The summed E-state index contributed by atoms with van der Waals surface area (Å²) in [4.78, 5) is 12.6. The van der Waals surface area contributed by atoms with Gasteiger partial charge in [-0.3, -0.25) is 4.79 Å². The van der Waals surface area contributed by atoms with Crippen LogP contribution in [0.25, 0.3) is 0 Å². The molecule has 0 fully saturated rings. The van der Waals surface area contributed by atoms with Crippen molar-refractivity contribution in [1.29, 1.82) is 0 Å². The quantitative estimate of drug-likeness (QED) is 0.939. The number of anilines is 1. The number of hydrogen-bond donors (Lipinski definition) is 1. The van der Waals surface area contributed by atoms with Gasteiger partial charge < -0.3 is 5.11 Å². The SMILES string of the molecule is CC1=NN(c2ccccc2)C(=O)[C@H]1Cc1ccccc1O. The van der Waals surface area contributed by atoms with Gasteiger partial charge in [0.2, 0.25) is 0 Å². The first-order valence-electron chi connectivity index (χ1n) is 6.88. The van der Waals surface area contributed by atoms with E-state index in [0.29, 0.717) is 6.42 Å². The molecule has 1 N–H and O–H groups in total. The fraction of sp³-hybridized carbons (Fsp3) is 0.176. The van der Waals surface area contributed by atoms with Crippen molar-refractivity contribution in [3.8, 4) is 5.75 Å². The number of carbonyl (C=O) groups is 1. The van der Waals surface area contributed by atoms with E-state index in [-0.39, 0.29) is 17.6 Å². The van der Waals surface area contributed by atoms with Crippen LogP contribution < -0.4 is 5.01 Å². The van der Waals surface area contributed by atoms with E-state index < -0.39 is 0 Å². The Morgan fingerprint density at radius 2 is 1.76 bits per heavy atom. The van der Waals surface area contributed by atoms with E-state index in [1.54, 1.807) is 12.1 Å². The van der Waals surface area contributed by atoms with Crippen molar-refractivity contribution < 1.29 is 9.90 Å². The van der Waals surface area contributed by atoms with Gasteiger partial charge in [0.15, 0.2) is 0 Å². The third-order valence-corrected chi connectivity index (χ3v) is 3.69. The van der Waals surface area contributed by atoms with E-state index in [1.165, 1.54) is 5.01 Å². The molecule has 106 valence electrons. The minimum atomic E-state index is -0.321. The van der Waals surface area contributed by atoms with Crippen molar-refractivity contribution in [2.24, 2.45) is 11.0 Å². The molecule has 0 aromatic heterocycles. The van der Waals surface area contributed by atoms with E-state index in [4.69, 9.17) is 0 Å². The van der Waals surface area contributed by atoms with Gasteiger partial charge in [0.05, 0.1) is 11.6 Å². The molecule has 1 heterocycles. The Kier molecular flexibility index (Phi) is 3.44. The molecule has 1 aliphatic rings. The summed E-state index contributed by atoms with van der Waals surface area (Å²) >= 11 is 0. The second kappa shape index (κ2) is 5.40. The van der Waals surface area contributed by atoms with Gasteiger partial charge in [0.25, 0.3) is 5.91 Å². The number of hydrogen-bond acceptors (Lipinski definition) is 3. The molecule has 0 bridgehead atoms. The first kappa shape index (κ1) is 13.4. The van der Waals surface area contributed by atoms with Crippen LogP contribution in [0.15, 0.2) is 59.7 Å². The number of para-hydroxylation sites is 2. The van der Waals surface area contributed by atoms with Crippen molar-refractivity contribution in [2.75, 3.05) is 5.01 Å². The molecular formula is C17H16N2O2. The molecule has 1 atom stereocenters. The van der Waals surface area contributed by atoms with Crippen molar-refractivity contribution in [3.63, 3.8) is 0 Å². The maximum Gasteiger partial charge on any atom is 0.256 e. The third-order valence-electron chi connectivity index (χ3n) is 3.69. The number of nitrogens with zero attached hydrogens (tertiary/aromatic N) is 2. The first-order chi connectivity index (χ1) is 10.2. The molecule has 3 rings (SSSR count). The van der Waals surface area contributed by atoms with E-state index in [1.807, 2.05) is 49.4 Å². The zero-order valence-electron chi connectivity index (χ0n) is 11.7. The Morgan fingerprint density at radius 1 is 1.10 bits per heavy atom. The fourth-order valence-electron chi connectivity index (χ4n) is 2.50. The van der Waals surface area contributed by atoms with Crippen LogP contribution in [0.3, 0.4) is 0 Å². The second-order valence-electron chi connectivity index (χ2n) is 5.11. The Hall–Kier alpha value is -2.62. The van der Waals surface area contributed by atoms with Gasteiger partial charge >= 0.3 is 0 Å². The minimum absolute atomic E-state index is 0.0537. The summed E-state index contributed by atoms with van der Waals surface area (Å²) in [6, 6.07) is 16.5. The lowest BCUT2D eigenvalue weighted by molar-refractivity contribution is -0.119. The van der Waals surface area contributed by atoms with Crippen molar-refractivity contribution in [3.05, 3.63) is 60.2 Å². The van der Waals surface area contributed by atoms with Gasteiger partial charge in [-0.05, 0) is 37.1 Å². The number of aromatic hydroxyl groups is 1. The topological polar surface area (TPSA) is 52.9 Å². The molecule has 4 nitrogen and oxygen atoms in total. The Bertz CT molecular complexity index is 695. The maximum atomic E-state index is 12.6. The molecule has 21 heavy (non-hydrogen) atoms. The zero-order valence-corrected chi connectivity index (χ0v) is 11.7. The smallest absolute Gasteiger partial charge is 0.256 e. The van der Waals surface area contributed by atoms with Crippen LogP contribution in [0, 0.1) is 5.92 Å². The summed E-state index contributed by atoms with van der Waals surface area (Å²) in [5.41, 5.74) is 2.30. The summed E-state index contributed by atoms with van der Waals surface area (Å²) in [6.45, 7) is 1.85. The number of amides is 1. The van der Waals surface area contributed by atoms with Crippen molar-refractivity contribution in [2.45, 2.75) is 13.3 Å². The lowest BCUT2D eigenvalue weighted by Gasteiger charge is -2.14. The normalized spacial score (nSPS) is 18.0. The Morgan fingerprint density at radius 3 is 2.48 bits per heavy atom. The van der Waals surface area contributed by atoms with Crippen LogP contribution >= 0.6 is 0 Å². The number of phenolic OH excluding ortho intramolecular Hbond substituents is 1. The number of benzene rings is 2. The van der Waals surface area contributed by atoms with E-state index in [0.717, 1.165) is 17.0 Å². The second-order valence-corrected chi connectivity index (χ2v) is 5.11. The maximum absolute atomic E-state index is 12.6. The summed E-state index contributed by atoms with van der Waals surface area (Å²) in [7, 11) is 0. The molecule has 2 aromatic carbocycles. The lowest BCUT2D eigenvalue weighted by Crippen LogP contribution is -2.28. The number of rotatable bonds is 3. The fourth-order valence-corrected chi connectivity index (χ4v) is 2.50. The summed E-state index contributed by atoms with van der Waals surface area (Å²) in [5, 5.41) is 15.7. The van der Waals surface area contributed by atoms with Crippen LogP contribution in [0.4, 0.5) is 5.69 Å². The first-order valence-corrected chi connectivity index (χ1v) is 6.88. The van der Waals surface area contributed by atoms with Crippen molar-refractivity contribution in [1.82, 2.24) is 0 Å². The van der Waals surface area contributed by atoms with Gasteiger partial charge in [0.1, 0.15) is 5.75 Å². The largest absolute Gasteiger partial charge is 0.508 e. The molecule has 0 radical (unpaired) electrons. The Balaban J connectivity index is 1.85.